The van der Waals surface area contributed by atoms with Crippen LogP contribution in [0.2, 0.25) is 10.0 Å². The summed E-state index contributed by atoms with van der Waals surface area (Å²) in [5.74, 6) is 5.88. The topological polar surface area (TPSA) is 72.9 Å². The molecule has 35 heavy (non-hydrogen) atoms. The molecule has 0 saturated heterocycles. The number of thiophene rings is 1. The van der Waals surface area contributed by atoms with Gasteiger partial charge in [0.1, 0.15) is 0 Å². The van der Waals surface area contributed by atoms with E-state index in [1.54, 1.807) is 28.2 Å². The molecule has 1 fully saturated rings. The molecular formula is C26H29Cl2N4OPS. The number of hydrogen-bond donors (Lipinski definition) is 2. The van der Waals surface area contributed by atoms with Crippen molar-refractivity contribution in [2.45, 2.75) is 57.7 Å². The van der Waals surface area contributed by atoms with E-state index in [1.807, 2.05) is 18.2 Å². The van der Waals surface area contributed by atoms with Crippen molar-refractivity contribution in [3.05, 3.63) is 56.5 Å². The highest BCUT2D eigenvalue weighted by Gasteiger charge is 2.27. The van der Waals surface area contributed by atoms with Crippen LogP contribution in [0.5, 0.6) is 0 Å². The van der Waals surface area contributed by atoms with Gasteiger partial charge in [0.05, 0.1) is 26.2 Å². The second-order valence-corrected chi connectivity index (χ2v) is 12.8. The Bertz CT molecular complexity index is 1270. The summed E-state index contributed by atoms with van der Waals surface area (Å²) in [7, 11) is -0.380. The molecule has 4 rings (SSSR count). The number of nitrogens with two attached hydrogens (primary N) is 1. The Morgan fingerprint density at radius 3 is 2.74 bits per heavy atom. The number of nitrogens with one attached hydrogen (secondary N) is 1. The number of benzene rings is 1. The van der Waals surface area contributed by atoms with Crippen molar-refractivity contribution >= 4 is 48.5 Å². The average Bonchev–Trinajstić information content (AvgIpc) is 3.57. The molecule has 1 unspecified atom stereocenters. The molecule has 1 saturated carbocycles. The number of nitrogens with zero attached hydrogens (tertiary/aromatic N) is 2. The van der Waals surface area contributed by atoms with E-state index in [-0.39, 0.29) is 13.8 Å². The summed E-state index contributed by atoms with van der Waals surface area (Å²) in [5.41, 5.74) is 9.00. The highest BCUT2D eigenvalue weighted by molar-refractivity contribution is 7.55. The summed E-state index contributed by atoms with van der Waals surface area (Å²) in [4.78, 5) is 14.4. The Labute approximate surface area is 222 Å². The minimum absolute atomic E-state index is 0.250. The molecule has 2 heterocycles. The van der Waals surface area contributed by atoms with Crippen LogP contribution in [-0.4, -0.2) is 28.0 Å². The van der Waals surface area contributed by atoms with Gasteiger partial charge in [-0.1, -0.05) is 54.8 Å². The molecule has 5 nitrogen and oxygen atoms in total. The van der Waals surface area contributed by atoms with Crippen molar-refractivity contribution in [2.75, 3.05) is 6.66 Å². The first-order valence-electron chi connectivity index (χ1n) is 11.8. The van der Waals surface area contributed by atoms with Gasteiger partial charge < -0.3 is 5.73 Å². The molecule has 0 radical (unpaired) electrons. The van der Waals surface area contributed by atoms with Crippen molar-refractivity contribution in [2.24, 2.45) is 5.73 Å². The van der Waals surface area contributed by atoms with E-state index in [0.29, 0.717) is 27.9 Å². The van der Waals surface area contributed by atoms with Gasteiger partial charge in [0.25, 0.3) is 5.91 Å². The summed E-state index contributed by atoms with van der Waals surface area (Å²) in [6.07, 6.45) is 6.98. The third kappa shape index (κ3) is 6.10. The molecule has 3 aromatic rings. The quantitative estimate of drug-likeness (QED) is 0.231. The number of unbranched alkanes of at least 4 members (excludes halogenated alkanes) is 1. The van der Waals surface area contributed by atoms with Crippen molar-refractivity contribution in [3.63, 3.8) is 0 Å². The van der Waals surface area contributed by atoms with E-state index in [4.69, 9.17) is 28.9 Å². The smallest absolute Gasteiger partial charge is 0.269 e. The number of hydrogen-bond acceptors (Lipinski definition) is 4. The van der Waals surface area contributed by atoms with Crippen LogP contribution >= 0.6 is 42.6 Å². The molecule has 3 N–H and O–H groups in total. The molecule has 1 amide bonds. The number of amides is 1. The zero-order valence-electron chi connectivity index (χ0n) is 19.9. The number of aromatic nitrogens is 2. The summed E-state index contributed by atoms with van der Waals surface area (Å²) < 4.78 is 1.72. The zero-order valence-corrected chi connectivity index (χ0v) is 23.1. The Hall–Kier alpha value is -1.87. The molecule has 0 bridgehead atoms. The molecule has 0 spiro atoms. The number of rotatable bonds is 8. The zero-order chi connectivity index (χ0) is 24.9. The lowest BCUT2D eigenvalue weighted by molar-refractivity contribution is 0.0994. The fourth-order valence-electron chi connectivity index (χ4n) is 4.33. The van der Waals surface area contributed by atoms with E-state index in [0.717, 1.165) is 33.9 Å². The first kappa shape index (κ1) is 26.2. The highest BCUT2D eigenvalue weighted by atomic mass is 35.5. The number of halogens is 2. The van der Waals surface area contributed by atoms with Crippen molar-refractivity contribution in [1.82, 2.24) is 14.9 Å². The Morgan fingerprint density at radius 2 is 2.06 bits per heavy atom. The van der Waals surface area contributed by atoms with Crippen LogP contribution in [0.25, 0.3) is 16.3 Å². The van der Waals surface area contributed by atoms with Gasteiger partial charge in [-0.25, -0.2) is 4.68 Å². The summed E-state index contributed by atoms with van der Waals surface area (Å²) >= 11 is 14.3. The summed E-state index contributed by atoms with van der Waals surface area (Å²) in [6.45, 7) is 4.90. The standard InChI is InChI=1S/C26H29Cl2N4OPS/c1-3-4-5-10-19-12-14-23(35-19)25-20(16-30-34(2)18-8-6-7-9-18)24(26(29)33)31-32(25)22-13-11-17(27)15-21(22)28/h11-15,18,30H,3-4,6-9,16H2,1-2H3,(H2,29,33). The Morgan fingerprint density at radius 1 is 1.29 bits per heavy atom. The monoisotopic (exact) mass is 546 g/mol. The summed E-state index contributed by atoms with van der Waals surface area (Å²) in [6, 6.07) is 9.28. The van der Waals surface area contributed by atoms with Crippen LogP contribution in [0.15, 0.2) is 30.3 Å². The maximum Gasteiger partial charge on any atom is 0.269 e. The average molecular weight is 547 g/mol. The fraction of sp³-hybridized carbons (Fsp3) is 0.385. The van der Waals surface area contributed by atoms with Crippen LogP contribution < -0.4 is 10.8 Å². The highest BCUT2D eigenvalue weighted by Crippen LogP contribution is 2.44. The lowest BCUT2D eigenvalue weighted by Crippen LogP contribution is -2.18. The van der Waals surface area contributed by atoms with Crippen molar-refractivity contribution in [1.29, 1.82) is 0 Å². The van der Waals surface area contributed by atoms with Gasteiger partial charge in [0.15, 0.2) is 5.69 Å². The van der Waals surface area contributed by atoms with Gasteiger partial charge >= 0.3 is 0 Å². The lowest BCUT2D eigenvalue weighted by Gasteiger charge is -2.21. The molecule has 1 atom stereocenters. The van der Waals surface area contributed by atoms with E-state index >= 15 is 0 Å². The summed E-state index contributed by atoms with van der Waals surface area (Å²) in [5, 5.41) is 9.34. The third-order valence-electron chi connectivity index (χ3n) is 6.16. The molecule has 1 aliphatic rings. The van der Waals surface area contributed by atoms with Crippen molar-refractivity contribution in [3.8, 4) is 28.1 Å². The maximum atomic E-state index is 12.5. The SMILES string of the molecule is CCCC#Cc1ccc(-c2c(CNP(C)C3CCCC3)c(C(N)=O)nn2-c2ccc(Cl)cc2Cl)s1. The molecule has 1 aromatic carbocycles. The van der Waals surface area contributed by atoms with Gasteiger partial charge in [-0.05, 0) is 70.0 Å². The largest absolute Gasteiger partial charge is 0.364 e. The molecule has 184 valence electrons. The number of carbonyl (C=O) groups is 1. The van der Waals surface area contributed by atoms with Gasteiger partial charge in [-0.2, -0.15) is 5.10 Å². The molecule has 2 aromatic heterocycles. The predicted octanol–water partition coefficient (Wildman–Crippen LogP) is 7.22. The van der Waals surface area contributed by atoms with Crippen LogP contribution in [0.3, 0.4) is 0 Å². The van der Waals surface area contributed by atoms with Crippen molar-refractivity contribution < 1.29 is 4.79 Å². The Kier molecular flexibility index (Phi) is 8.92. The second kappa shape index (κ2) is 11.9. The van der Waals surface area contributed by atoms with E-state index in [1.165, 1.54) is 25.7 Å². The van der Waals surface area contributed by atoms with E-state index in [9.17, 15) is 4.79 Å². The minimum atomic E-state index is -0.562. The van der Waals surface area contributed by atoms with Crippen LogP contribution in [-0.2, 0) is 6.54 Å². The van der Waals surface area contributed by atoms with Crippen LogP contribution in [0.4, 0.5) is 0 Å². The molecule has 9 heteroatoms. The normalized spacial score (nSPS) is 14.6. The lowest BCUT2D eigenvalue weighted by atomic mass is 10.1. The Balaban J connectivity index is 1.81. The van der Waals surface area contributed by atoms with Gasteiger partial charge in [0.2, 0.25) is 0 Å². The van der Waals surface area contributed by atoms with Crippen LogP contribution in [0, 0.1) is 11.8 Å². The molecular weight excluding hydrogens is 518 g/mol. The van der Waals surface area contributed by atoms with Gasteiger partial charge in [-0.15, -0.1) is 11.3 Å². The predicted molar refractivity (Wildman–Crippen MR) is 149 cm³/mol. The third-order valence-corrected chi connectivity index (χ3v) is 9.97. The molecule has 0 aliphatic heterocycles. The van der Waals surface area contributed by atoms with Gasteiger partial charge in [-0.3, -0.25) is 9.88 Å². The van der Waals surface area contributed by atoms with Gasteiger partial charge in [0, 0.05) is 23.6 Å². The maximum absolute atomic E-state index is 12.5. The first-order chi connectivity index (χ1) is 16.9. The minimum Gasteiger partial charge on any atom is -0.364 e. The first-order valence-corrected chi connectivity index (χ1v) is 15.2. The number of primary amides is 1. The van der Waals surface area contributed by atoms with Crippen LogP contribution in [0.1, 0.15) is 66.4 Å². The number of carbonyl (C=O) groups excluding carboxylic acids is 1. The molecule has 1 aliphatic carbocycles. The second-order valence-electron chi connectivity index (χ2n) is 8.65. The van der Waals surface area contributed by atoms with E-state index < -0.39 is 5.91 Å². The fourth-order valence-corrected chi connectivity index (χ4v) is 7.56. The van der Waals surface area contributed by atoms with E-state index in [2.05, 4.69) is 35.6 Å².